The molecule has 1 aromatic carbocycles. The van der Waals surface area contributed by atoms with Gasteiger partial charge in [-0.3, -0.25) is 4.79 Å². The van der Waals surface area contributed by atoms with Crippen LogP contribution in [0.3, 0.4) is 0 Å². The van der Waals surface area contributed by atoms with Crippen LogP contribution in [0.15, 0.2) is 42.7 Å². The zero-order chi connectivity index (χ0) is 16.1. The van der Waals surface area contributed by atoms with E-state index in [4.69, 9.17) is 0 Å². The third-order valence-corrected chi connectivity index (χ3v) is 5.40. The van der Waals surface area contributed by atoms with Gasteiger partial charge in [0.1, 0.15) is 5.69 Å². The van der Waals surface area contributed by atoms with Crippen LogP contribution in [-0.2, 0) is 0 Å². The van der Waals surface area contributed by atoms with E-state index in [9.17, 15) is 4.79 Å². The Morgan fingerprint density at radius 1 is 1.25 bits per heavy atom. The summed E-state index contributed by atoms with van der Waals surface area (Å²) in [6, 6.07) is 10.5. The summed E-state index contributed by atoms with van der Waals surface area (Å²) in [7, 11) is 0. The molecule has 1 N–H and O–H groups in total. The van der Waals surface area contributed by atoms with Gasteiger partial charge < -0.3 is 14.6 Å². The van der Waals surface area contributed by atoms with Crippen LogP contribution >= 0.6 is 0 Å². The van der Waals surface area contributed by atoms with Gasteiger partial charge in [0.2, 0.25) is 0 Å². The molecule has 5 heteroatoms. The number of hydrogen-bond donors (Lipinski definition) is 1. The number of aromatic nitrogens is 2. The second-order valence-corrected chi connectivity index (χ2v) is 7.09. The number of piperidine rings is 1. The molecule has 1 amide bonds. The van der Waals surface area contributed by atoms with Crippen molar-refractivity contribution in [3.05, 3.63) is 48.4 Å². The highest BCUT2D eigenvalue weighted by Crippen LogP contribution is 2.27. The Morgan fingerprint density at radius 3 is 3.08 bits per heavy atom. The second-order valence-electron chi connectivity index (χ2n) is 7.09. The smallest absolute Gasteiger partial charge is 0.271 e. The van der Waals surface area contributed by atoms with Gasteiger partial charge in [0.25, 0.3) is 5.91 Å². The quantitative estimate of drug-likeness (QED) is 0.788. The van der Waals surface area contributed by atoms with Crippen molar-refractivity contribution in [2.45, 2.75) is 18.9 Å². The predicted octanol–water partition coefficient (Wildman–Crippen LogP) is 2.31. The standard InChI is InChI=1S/C19H20N4O/c24-19(21-15-7-13-5-6-22(10-13)11-15)17-12-23-16(9-20-17)8-14-3-1-2-4-18(14)23/h1-4,8-9,12-13,15H,5-7,10-11H2,(H,21,24)/t13?,15-/m1/s1. The van der Waals surface area contributed by atoms with E-state index in [1.807, 2.05) is 22.7 Å². The van der Waals surface area contributed by atoms with Gasteiger partial charge in [-0.2, -0.15) is 0 Å². The lowest BCUT2D eigenvalue weighted by Crippen LogP contribution is -2.47. The van der Waals surface area contributed by atoms with Crippen LogP contribution < -0.4 is 5.32 Å². The van der Waals surface area contributed by atoms with Gasteiger partial charge >= 0.3 is 0 Å². The summed E-state index contributed by atoms with van der Waals surface area (Å²) in [5.41, 5.74) is 2.59. The fraction of sp³-hybridized carbons (Fsp3) is 0.368. The summed E-state index contributed by atoms with van der Waals surface area (Å²) in [5.74, 6) is 0.676. The number of carbonyl (C=O) groups is 1. The first kappa shape index (κ1) is 14.0. The van der Waals surface area contributed by atoms with Crippen molar-refractivity contribution in [2.24, 2.45) is 5.92 Å². The summed E-state index contributed by atoms with van der Waals surface area (Å²) in [6.07, 6.45) is 6.00. The maximum absolute atomic E-state index is 12.6. The normalized spacial score (nSPS) is 26.1. The molecule has 5 rings (SSSR count). The van der Waals surface area contributed by atoms with E-state index in [0.717, 1.165) is 35.3 Å². The molecule has 2 fully saturated rings. The number of hydrogen-bond acceptors (Lipinski definition) is 3. The lowest BCUT2D eigenvalue weighted by Gasteiger charge is -2.30. The third kappa shape index (κ3) is 2.27. The molecular formula is C19H20N4O. The van der Waals surface area contributed by atoms with Crippen molar-refractivity contribution in [3.8, 4) is 0 Å². The number of amides is 1. The van der Waals surface area contributed by atoms with Crippen LogP contribution in [0.4, 0.5) is 0 Å². The molecule has 2 aromatic heterocycles. The maximum Gasteiger partial charge on any atom is 0.271 e. The zero-order valence-corrected chi connectivity index (χ0v) is 13.5. The van der Waals surface area contributed by atoms with E-state index in [2.05, 4.69) is 33.4 Å². The molecule has 2 aliphatic rings. The summed E-state index contributed by atoms with van der Waals surface area (Å²) in [4.78, 5) is 19.5. The average Bonchev–Trinajstić information content (AvgIpc) is 3.14. The summed E-state index contributed by atoms with van der Waals surface area (Å²) < 4.78 is 2.05. The molecule has 3 aromatic rings. The Morgan fingerprint density at radius 2 is 2.17 bits per heavy atom. The molecule has 2 unspecified atom stereocenters. The van der Waals surface area contributed by atoms with Crippen LogP contribution in [0.25, 0.3) is 16.4 Å². The first-order valence-corrected chi connectivity index (χ1v) is 8.65. The molecule has 2 bridgehead atoms. The molecule has 2 aliphatic heterocycles. The van der Waals surface area contributed by atoms with Gasteiger partial charge in [-0.25, -0.2) is 4.98 Å². The molecule has 2 saturated heterocycles. The van der Waals surface area contributed by atoms with Crippen molar-refractivity contribution in [3.63, 3.8) is 0 Å². The van der Waals surface area contributed by atoms with Gasteiger partial charge in [-0.05, 0) is 37.4 Å². The maximum atomic E-state index is 12.6. The minimum Gasteiger partial charge on any atom is -0.347 e. The minimum atomic E-state index is -0.0674. The van der Waals surface area contributed by atoms with Gasteiger partial charge in [0.15, 0.2) is 0 Å². The van der Waals surface area contributed by atoms with Crippen molar-refractivity contribution in [2.75, 3.05) is 19.6 Å². The number of nitrogens with one attached hydrogen (secondary N) is 1. The van der Waals surface area contributed by atoms with Gasteiger partial charge in [0.05, 0.1) is 17.2 Å². The first-order chi connectivity index (χ1) is 11.8. The van der Waals surface area contributed by atoms with E-state index in [-0.39, 0.29) is 11.9 Å². The Kier molecular flexibility index (Phi) is 3.10. The summed E-state index contributed by atoms with van der Waals surface area (Å²) in [6.45, 7) is 3.35. The lowest BCUT2D eigenvalue weighted by molar-refractivity contribution is 0.0904. The summed E-state index contributed by atoms with van der Waals surface area (Å²) in [5, 5.41) is 4.35. The van der Waals surface area contributed by atoms with E-state index in [1.54, 1.807) is 6.20 Å². The lowest BCUT2D eigenvalue weighted by atomic mass is 9.97. The average molecular weight is 320 g/mol. The topological polar surface area (TPSA) is 49.6 Å². The van der Waals surface area contributed by atoms with Crippen LogP contribution in [0.5, 0.6) is 0 Å². The molecule has 0 radical (unpaired) electrons. The summed E-state index contributed by atoms with van der Waals surface area (Å²) >= 11 is 0. The monoisotopic (exact) mass is 320 g/mol. The first-order valence-electron chi connectivity index (χ1n) is 8.65. The zero-order valence-electron chi connectivity index (χ0n) is 13.5. The van der Waals surface area contributed by atoms with Crippen LogP contribution in [0, 0.1) is 5.92 Å². The fourth-order valence-electron chi connectivity index (χ4n) is 4.27. The van der Waals surface area contributed by atoms with Crippen LogP contribution in [-0.4, -0.2) is 45.9 Å². The minimum absolute atomic E-state index is 0.0674. The van der Waals surface area contributed by atoms with Crippen molar-refractivity contribution < 1.29 is 4.79 Å². The van der Waals surface area contributed by atoms with Gasteiger partial charge in [-0.1, -0.05) is 18.2 Å². The molecule has 0 aliphatic carbocycles. The largest absolute Gasteiger partial charge is 0.347 e. The highest BCUT2D eigenvalue weighted by atomic mass is 16.2. The molecule has 24 heavy (non-hydrogen) atoms. The Labute approximate surface area is 140 Å². The highest BCUT2D eigenvalue weighted by Gasteiger charge is 2.33. The number of rotatable bonds is 2. The van der Waals surface area contributed by atoms with E-state index in [0.29, 0.717) is 5.69 Å². The number of nitrogens with zero attached hydrogens (tertiary/aromatic N) is 3. The number of carbonyl (C=O) groups excluding carboxylic acids is 1. The molecule has 4 heterocycles. The van der Waals surface area contributed by atoms with E-state index < -0.39 is 0 Å². The Balaban J connectivity index is 1.43. The molecule has 122 valence electrons. The third-order valence-electron chi connectivity index (χ3n) is 5.40. The Hall–Kier alpha value is -2.40. The number of fused-ring (bicyclic) bond motifs is 5. The van der Waals surface area contributed by atoms with Crippen molar-refractivity contribution in [1.29, 1.82) is 0 Å². The van der Waals surface area contributed by atoms with Crippen LogP contribution in [0.1, 0.15) is 23.3 Å². The number of para-hydroxylation sites is 1. The van der Waals surface area contributed by atoms with E-state index in [1.165, 1.54) is 19.5 Å². The fourth-order valence-corrected chi connectivity index (χ4v) is 4.27. The number of benzene rings is 1. The highest BCUT2D eigenvalue weighted by molar-refractivity contribution is 5.94. The van der Waals surface area contributed by atoms with Crippen molar-refractivity contribution in [1.82, 2.24) is 19.6 Å². The van der Waals surface area contributed by atoms with E-state index >= 15 is 0 Å². The molecule has 5 nitrogen and oxygen atoms in total. The molecular weight excluding hydrogens is 300 g/mol. The molecule has 0 saturated carbocycles. The van der Waals surface area contributed by atoms with Gasteiger partial charge in [-0.15, -0.1) is 0 Å². The van der Waals surface area contributed by atoms with Crippen molar-refractivity contribution >= 4 is 22.3 Å². The van der Waals surface area contributed by atoms with Gasteiger partial charge in [0, 0.05) is 30.7 Å². The SMILES string of the molecule is O=C(N[C@@H]1CC2CCN(C2)C1)c1cn2c(cn1)cc1ccccc12. The molecule has 0 spiro atoms. The molecule has 3 atom stereocenters. The Bertz CT molecular complexity index is 919. The van der Waals surface area contributed by atoms with Crippen LogP contribution in [0.2, 0.25) is 0 Å². The second kappa shape index (κ2) is 5.31. The predicted molar refractivity (Wildman–Crippen MR) is 93.1 cm³/mol.